The number of hydrogen-bond donors (Lipinski definition) is 0. The van der Waals surface area contributed by atoms with E-state index in [1.807, 2.05) is 0 Å². The number of nitrogens with zero attached hydrogens (tertiary/aromatic N) is 2. The van der Waals surface area contributed by atoms with E-state index in [4.69, 9.17) is 5.26 Å². The van der Waals surface area contributed by atoms with Gasteiger partial charge in [0, 0.05) is 12.0 Å². The Kier molecular flexibility index (Phi) is 3.73. The maximum absolute atomic E-state index is 8.77. The molecule has 1 atom stereocenters. The first-order chi connectivity index (χ1) is 6.73. The van der Waals surface area contributed by atoms with Crippen molar-refractivity contribution in [3.63, 3.8) is 0 Å². The second-order valence-electron chi connectivity index (χ2n) is 4.34. The molecule has 1 unspecified atom stereocenters. The molecule has 0 saturated carbocycles. The minimum Gasteiger partial charge on any atom is -1.00 e. The number of halogens is 1. The normalized spacial score (nSPS) is 23.5. The lowest BCUT2D eigenvalue weighted by Gasteiger charge is -2.36. The first-order valence-electron chi connectivity index (χ1n) is 5.01. The molecule has 1 aromatic rings. The van der Waals surface area contributed by atoms with Crippen molar-refractivity contribution in [2.24, 2.45) is 0 Å². The molecule has 0 saturated heterocycles. The van der Waals surface area contributed by atoms with Crippen molar-refractivity contribution in [2.75, 3.05) is 20.1 Å². The first-order valence-corrected chi connectivity index (χ1v) is 5.01. The third kappa shape index (κ3) is 2.50. The van der Waals surface area contributed by atoms with Gasteiger partial charge in [-0.3, -0.25) is 0 Å². The molecule has 0 fully saturated rings. The maximum atomic E-state index is 8.77. The molecular weight excluding hydrogens is 208 g/mol. The SMILES string of the molecule is C[N+]1(CC#N)CCc2ccccc2C1.[Cl-]. The predicted octanol–water partition coefficient (Wildman–Crippen LogP) is -1.28. The molecule has 3 heteroatoms. The van der Waals surface area contributed by atoms with Gasteiger partial charge in [0.1, 0.15) is 12.6 Å². The third-order valence-corrected chi connectivity index (χ3v) is 3.04. The fraction of sp³-hybridized carbons (Fsp3) is 0.417. The van der Waals surface area contributed by atoms with Crippen LogP contribution in [0.3, 0.4) is 0 Å². The Morgan fingerprint density at radius 2 is 2.00 bits per heavy atom. The van der Waals surface area contributed by atoms with Crippen molar-refractivity contribution in [1.29, 1.82) is 5.26 Å². The molecule has 0 radical (unpaired) electrons. The Morgan fingerprint density at radius 3 is 2.67 bits per heavy atom. The maximum Gasteiger partial charge on any atom is 0.166 e. The van der Waals surface area contributed by atoms with E-state index in [0.717, 1.165) is 24.0 Å². The second-order valence-corrected chi connectivity index (χ2v) is 4.34. The van der Waals surface area contributed by atoms with Gasteiger partial charge in [-0.15, -0.1) is 0 Å². The Bertz CT molecular complexity index is 383. The summed E-state index contributed by atoms with van der Waals surface area (Å²) in [4.78, 5) is 0. The molecule has 1 aromatic carbocycles. The number of benzene rings is 1. The molecule has 1 heterocycles. The number of nitriles is 1. The molecule has 1 aliphatic heterocycles. The van der Waals surface area contributed by atoms with Crippen LogP contribution in [0.4, 0.5) is 0 Å². The number of rotatable bonds is 1. The van der Waals surface area contributed by atoms with Crippen molar-refractivity contribution >= 4 is 0 Å². The molecule has 1 aliphatic rings. The zero-order valence-corrected chi connectivity index (χ0v) is 9.67. The summed E-state index contributed by atoms with van der Waals surface area (Å²) in [5.74, 6) is 0. The first kappa shape index (κ1) is 12.0. The van der Waals surface area contributed by atoms with E-state index in [1.165, 1.54) is 11.1 Å². The largest absolute Gasteiger partial charge is 1.00 e. The minimum atomic E-state index is 0. The van der Waals surface area contributed by atoms with E-state index < -0.39 is 0 Å². The zero-order chi connectivity index (χ0) is 10.0. The van der Waals surface area contributed by atoms with Gasteiger partial charge in [-0.25, -0.2) is 0 Å². The van der Waals surface area contributed by atoms with Crippen LogP contribution in [0.25, 0.3) is 0 Å². The van der Waals surface area contributed by atoms with E-state index in [0.29, 0.717) is 6.54 Å². The summed E-state index contributed by atoms with van der Waals surface area (Å²) in [5, 5.41) is 8.77. The fourth-order valence-corrected chi connectivity index (χ4v) is 2.14. The van der Waals surface area contributed by atoms with E-state index >= 15 is 0 Å². The van der Waals surface area contributed by atoms with Crippen LogP contribution in [0.2, 0.25) is 0 Å². The van der Waals surface area contributed by atoms with Crippen LogP contribution in [0.15, 0.2) is 24.3 Å². The molecule has 0 bridgehead atoms. The average Bonchev–Trinajstić information content (AvgIpc) is 2.17. The highest BCUT2D eigenvalue weighted by Gasteiger charge is 2.27. The minimum absolute atomic E-state index is 0. The Morgan fingerprint density at radius 1 is 1.33 bits per heavy atom. The van der Waals surface area contributed by atoms with Gasteiger partial charge in [-0.2, -0.15) is 5.26 Å². The summed E-state index contributed by atoms with van der Waals surface area (Å²) in [6.45, 7) is 2.71. The highest BCUT2D eigenvalue weighted by molar-refractivity contribution is 5.27. The van der Waals surface area contributed by atoms with Crippen molar-refractivity contribution in [2.45, 2.75) is 13.0 Å². The quantitative estimate of drug-likeness (QED) is 0.429. The molecule has 0 amide bonds. The topological polar surface area (TPSA) is 23.8 Å². The summed E-state index contributed by atoms with van der Waals surface area (Å²) in [5.41, 5.74) is 2.87. The Hall–Kier alpha value is -1.04. The molecule has 80 valence electrons. The molecule has 0 aromatic heterocycles. The average molecular weight is 223 g/mol. The second kappa shape index (κ2) is 4.65. The van der Waals surface area contributed by atoms with Gasteiger partial charge < -0.3 is 16.9 Å². The Labute approximate surface area is 97.1 Å². The number of fused-ring (bicyclic) bond motifs is 1. The van der Waals surface area contributed by atoms with Gasteiger partial charge in [-0.05, 0) is 5.56 Å². The summed E-state index contributed by atoms with van der Waals surface area (Å²) < 4.78 is 0.869. The molecule has 2 rings (SSSR count). The smallest absolute Gasteiger partial charge is 0.166 e. The number of likely N-dealkylation sites (N-methyl/N-ethyl adjacent to an activating group) is 1. The van der Waals surface area contributed by atoms with Crippen LogP contribution in [0, 0.1) is 11.3 Å². The van der Waals surface area contributed by atoms with E-state index in [-0.39, 0.29) is 12.4 Å². The molecule has 15 heavy (non-hydrogen) atoms. The predicted molar refractivity (Wildman–Crippen MR) is 55.4 cm³/mol. The molecular formula is C12H15ClN2. The van der Waals surface area contributed by atoms with Gasteiger partial charge in [0.2, 0.25) is 0 Å². The van der Waals surface area contributed by atoms with Gasteiger partial charge in [0.05, 0.1) is 13.6 Å². The fourth-order valence-electron chi connectivity index (χ4n) is 2.14. The zero-order valence-electron chi connectivity index (χ0n) is 8.91. The summed E-state index contributed by atoms with van der Waals surface area (Å²) >= 11 is 0. The molecule has 0 aliphatic carbocycles. The lowest BCUT2D eigenvalue weighted by atomic mass is 9.98. The molecule has 0 spiro atoms. The van der Waals surface area contributed by atoms with Crippen LogP contribution in [-0.2, 0) is 13.0 Å². The van der Waals surface area contributed by atoms with Crippen LogP contribution < -0.4 is 12.4 Å². The lowest BCUT2D eigenvalue weighted by molar-refractivity contribution is -0.917. The molecule has 2 nitrogen and oxygen atoms in total. The van der Waals surface area contributed by atoms with Crippen LogP contribution in [0.1, 0.15) is 11.1 Å². The highest BCUT2D eigenvalue weighted by atomic mass is 35.5. The van der Waals surface area contributed by atoms with Gasteiger partial charge >= 0.3 is 0 Å². The van der Waals surface area contributed by atoms with Crippen LogP contribution in [-0.4, -0.2) is 24.6 Å². The summed E-state index contributed by atoms with van der Waals surface area (Å²) in [7, 11) is 2.17. The Balaban J connectivity index is 0.00000112. The third-order valence-electron chi connectivity index (χ3n) is 3.04. The molecule has 0 N–H and O–H groups in total. The van der Waals surface area contributed by atoms with Crippen molar-refractivity contribution in [3.8, 4) is 6.07 Å². The van der Waals surface area contributed by atoms with Crippen molar-refractivity contribution in [1.82, 2.24) is 0 Å². The van der Waals surface area contributed by atoms with E-state index in [1.54, 1.807) is 0 Å². The summed E-state index contributed by atoms with van der Waals surface area (Å²) in [6, 6.07) is 10.8. The lowest BCUT2D eigenvalue weighted by Crippen LogP contribution is -3.00. The highest BCUT2D eigenvalue weighted by Crippen LogP contribution is 2.22. The van der Waals surface area contributed by atoms with Crippen molar-refractivity contribution in [3.05, 3.63) is 35.4 Å². The van der Waals surface area contributed by atoms with Gasteiger partial charge in [-0.1, -0.05) is 24.3 Å². The standard InChI is InChI=1S/C12H15N2.ClH/c1-14(9-7-13)8-6-11-4-2-3-5-12(11)10-14;/h2-5H,6,8-10H2,1H3;1H/q+1;/p-1. The van der Waals surface area contributed by atoms with Crippen LogP contribution in [0.5, 0.6) is 0 Å². The number of hydrogen-bond acceptors (Lipinski definition) is 1. The summed E-state index contributed by atoms with van der Waals surface area (Å²) in [6.07, 6.45) is 1.11. The number of quaternary nitrogens is 1. The van der Waals surface area contributed by atoms with E-state index in [9.17, 15) is 0 Å². The van der Waals surface area contributed by atoms with Gasteiger partial charge in [0.25, 0.3) is 0 Å². The van der Waals surface area contributed by atoms with E-state index in [2.05, 4.69) is 37.4 Å². The van der Waals surface area contributed by atoms with Crippen LogP contribution >= 0.6 is 0 Å². The van der Waals surface area contributed by atoms with Gasteiger partial charge in [0.15, 0.2) is 6.54 Å². The van der Waals surface area contributed by atoms with Crippen molar-refractivity contribution < 1.29 is 16.9 Å². The monoisotopic (exact) mass is 222 g/mol.